The van der Waals surface area contributed by atoms with E-state index in [1.165, 1.54) is 0 Å². The normalized spacial score (nSPS) is 12.4. The molecule has 0 aliphatic carbocycles. The van der Waals surface area contributed by atoms with E-state index in [1.54, 1.807) is 13.8 Å². The van der Waals surface area contributed by atoms with Gasteiger partial charge in [-0.25, -0.2) is 4.79 Å². The number of halogens is 2. The van der Waals surface area contributed by atoms with E-state index in [0.717, 1.165) is 0 Å². The molecule has 6 heteroatoms. The van der Waals surface area contributed by atoms with Crippen LogP contribution in [0.2, 0.25) is 0 Å². The molecule has 0 heterocycles. The lowest BCUT2D eigenvalue weighted by atomic mass is 10.4. The number of alkyl halides is 2. The molecule has 0 aliphatic rings. The van der Waals surface area contributed by atoms with Gasteiger partial charge in [-0.1, -0.05) is 5.16 Å². The van der Waals surface area contributed by atoms with Gasteiger partial charge in [-0.2, -0.15) is 0 Å². The minimum Gasteiger partial charge on any atom is -0.478 e. The average Bonchev–Trinajstić information content (AvgIpc) is 1.84. The Bertz CT molecular complexity index is 189. The molecule has 0 fully saturated rings. The van der Waals surface area contributed by atoms with E-state index in [4.69, 9.17) is 28.3 Å². The maximum absolute atomic E-state index is 10.4. The molecule has 0 aromatic heterocycles. The summed E-state index contributed by atoms with van der Waals surface area (Å²) in [5, 5.41) is 11.9. The van der Waals surface area contributed by atoms with Crippen molar-refractivity contribution < 1.29 is 14.7 Å². The SMILES string of the molecule is CC(C)=NOC(C(=O)O)C(Cl)Cl. The van der Waals surface area contributed by atoms with Crippen molar-refractivity contribution >= 4 is 34.9 Å². The van der Waals surface area contributed by atoms with Crippen molar-refractivity contribution in [2.75, 3.05) is 0 Å². The maximum atomic E-state index is 10.4. The number of nitrogens with zero attached hydrogens (tertiary/aromatic N) is 1. The van der Waals surface area contributed by atoms with Crippen LogP contribution in [0, 0.1) is 0 Å². The molecule has 1 unspecified atom stereocenters. The van der Waals surface area contributed by atoms with Gasteiger partial charge in [-0.05, 0) is 13.8 Å². The molecule has 4 nitrogen and oxygen atoms in total. The van der Waals surface area contributed by atoms with E-state index in [9.17, 15) is 4.79 Å². The van der Waals surface area contributed by atoms with Gasteiger partial charge >= 0.3 is 5.97 Å². The number of carbonyl (C=O) groups is 1. The first kappa shape index (κ1) is 11.5. The van der Waals surface area contributed by atoms with Crippen molar-refractivity contribution in [2.24, 2.45) is 5.16 Å². The number of carboxylic acids is 1. The lowest BCUT2D eigenvalue weighted by molar-refractivity contribution is -0.149. The van der Waals surface area contributed by atoms with Crippen LogP contribution in [-0.2, 0) is 9.63 Å². The molecule has 0 saturated heterocycles. The van der Waals surface area contributed by atoms with E-state index < -0.39 is 16.9 Å². The zero-order valence-electron chi connectivity index (χ0n) is 6.62. The van der Waals surface area contributed by atoms with Gasteiger partial charge in [0.2, 0.25) is 0 Å². The van der Waals surface area contributed by atoms with E-state index in [0.29, 0.717) is 5.71 Å². The fourth-order valence-corrected chi connectivity index (χ4v) is 0.669. The molecule has 0 radical (unpaired) electrons. The molecule has 0 rings (SSSR count). The second-order valence-corrected chi connectivity index (χ2v) is 3.40. The summed E-state index contributed by atoms with van der Waals surface area (Å²) < 4.78 is 0. The highest BCUT2D eigenvalue weighted by Crippen LogP contribution is 2.12. The predicted octanol–water partition coefficient (Wildman–Crippen LogP) is 1.66. The van der Waals surface area contributed by atoms with Crippen LogP contribution in [0.15, 0.2) is 5.16 Å². The maximum Gasteiger partial charge on any atom is 0.350 e. The molecule has 1 atom stereocenters. The molecule has 0 saturated carbocycles. The van der Waals surface area contributed by atoms with Crippen LogP contribution in [0.5, 0.6) is 0 Å². The van der Waals surface area contributed by atoms with Crippen molar-refractivity contribution in [2.45, 2.75) is 24.8 Å². The standard InChI is InChI=1S/C6H9Cl2NO3/c1-3(2)9-12-4(5(7)8)6(10)11/h4-5H,1-2H3,(H,10,11). The summed E-state index contributed by atoms with van der Waals surface area (Å²) in [4.78, 5) is 13.8. The first-order valence-electron chi connectivity index (χ1n) is 3.13. The third-order valence-corrected chi connectivity index (χ3v) is 1.28. The quantitative estimate of drug-likeness (QED) is 0.439. The molecular weight excluding hydrogens is 205 g/mol. The highest BCUT2D eigenvalue weighted by atomic mass is 35.5. The number of hydrogen-bond acceptors (Lipinski definition) is 3. The molecule has 0 aromatic rings. The van der Waals surface area contributed by atoms with Crippen molar-refractivity contribution in [1.29, 1.82) is 0 Å². The number of rotatable bonds is 4. The third-order valence-electron chi connectivity index (χ3n) is 0.821. The van der Waals surface area contributed by atoms with E-state index >= 15 is 0 Å². The fraction of sp³-hybridized carbons (Fsp3) is 0.667. The molecule has 0 bridgehead atoms. The van der Waals surface area contributed by atoms with Gasteiger partial charge in [0.15, 0.2) is 4.84 Å². The van der Waals surface area contributed by atoms with Gasteiger partial charge in [0.05, 0.1) is 5.71 Å². The van der Waals surface area contributed by atoms with Gasteiger partial charge in [0, 0.05) is 0 Å². The van der Waals surface area contributed by atoms with E-state index in [1.807, 2.05) is 0 Å². The summed E-state index contributed by atoms with van der Waals surface area (Å²) in [5.74, 6) is -1.24. The molecule has 0 aromatic carbocycles. The molecule has 12 heavy (non-hydrogen) atoms. The van der Waals surface area contributed by atoms with Crippen LogP contribution in [0.1, 0.15) is 13.8 Å². The summed E-state index contributed by atoms with van der Waals surface area (Å²) in [6.45, 7) is 3.33. The van der Waals surface area contributed by atoms with Crippen LogP contribution in [0.4, 0.5) is 0 Å². The summed E-state index contributed by atoms with van der Waals surface area (Å²) in [7, 11) is 0. The van der Waals surface area contributed by atoms with E-state index in [2.05, 4.69) is 9.99 Å². The Hall–Kier alpha value is -0.480. The second kappa shape index (κ2) is 5.22. The lowest BCUT2D eigenvalue weighted by Gasteiger charge is -2.10. The lowest BCUT2D eigenvalue weighted by Crippen LogP contribution is -2.28. The Kier molecular flexibility index (Phi) is 5.01. The largest absolute Gasteiger partial charge is 0.478 e. The molecule has 0 spiro atoms. The zero-order chi connectivity index (χ0) is 9.72. The second-order valence-electron chi connectivity index (χ2n) is 2.24. The number of aliphatic carboxylic acids is 1. The Morgan fingerprint density at radius 2 is 2.00 bits per heavy atom. The topological polar surface area (TPSA) is 58.9 Å². The highest BCUT2D eigenvalue weighted by Gasteiger charge is 2.27. The number of oxime groups is 1. The Balaban J connectivity index is 4.15. The summed E-state index contributed by atoms with van der Waals surface area (Å²) in [5.41, 5.74) is 0.593. The molecule has 0 aliphatic heterocycles. The smallest absolute Gasteiger partial charge is 0.350 e. The first-order chi connectivity index (χ1) is 5.45. The minimum absolute atomic E-state index is 0.593. The van der Waals surface area contributed by atoms with Gasteiger partial charge in [0.25, 0.3) is 6.10 Å². The van der Waals surface area contributed by atoms with Crippen LogP contribution in [0.3, 0.4) is 0 Å². The number of hydrogen-bond donors (Lipinski definition) is 1. The van der Waals surface area contributed by atoms with Crippen molar-refractivity contribution in [3.8, 4) is 0 Å². The van der Waals surface area contributed by atoms with Gasteiger partial charge in [0.1, 0.15) is 0 Å². The fourth-order valence-electron chi connectivity index (χ4n) is 0.361. The molecule has 1 N–H and O–H groups in total. The van der Waals surface area contributed by atoms with Crippen LogP contribution in [0.25, 0.3) is 0 Å². The van der Waals surface area contributed by atoms with Crippen molar-refractivity contribution in [1.82, 2.24) is 0 Å². The molecule has 70 valence electrons. The van der Waals surface area contributed by atoms with Crippen LogP contribution >= 0.6 is 23.2 Å². The Morgan fingerprint density at radius 3 is 2.25 bits per heavy atom. The third kappa shape index (κ3) is 4.41. The Labute approximate surface area is 80.1 Å². The average molecular weight is 214 g/mol. The number of carboxylic acid groups (broad SMARTS) is 1. The summed E-state index contributed by atoms with van der Waals surface area (Å²) in [6, 6.07) is 0. The summed E-state index contributed by atoms with van der Waals surface area (Å²) >= 11 is 10.6. The van der Waals surface area contributed by atoms with Crippen molar-refractivity contribution in [3.63, 3.8) is 0 Å². The van der Waals surface area contributed by atoms with Gasteiger partial charge < -0.3 is 9.94 Å². The van der Waals surface area contributed by atoms with Crippen LogP contribution in [-0.4, -0.2) is 27.7 Å². The first-order valence-corrected chi connectivity index (χ1v) is 4.00. The van der Waals surface area contributed by atoms with Crippen LogP contribution < -0.4 is 0 Å². The zero-order valence-corrected chi connectivity index (χ0v) is 8.13. The molecular formula is C6H9Cl2NO3. The minimum atomic E-state index is -1.32. The predicted molar refractivity (Wildman–Crippen MR) is 46.8 cm³/mol. The highest BCUT2D eigenvalue weighted by molar-refractivity contribution is 6.45. The Morgan fingerprint density at radius 1 is 1.50 bits per heavy atom. The van der Waals surface area contributed by atoms with Gasteiger partial charge in [-0.3, -0.25) is 0 Å². The van der Waals surface area contributed by atoms with Gasteiger partial charge in [-0.15, -0.1) is 23.2 Å². The van der Waals surface area contributed by atoms with Crippen molar-refractivity contribution in [3.05, 3.63) is 0 Å². The molecule has 0 amide bonds. The summed E-state index contributed by atoms with van der Waals surface area (Å²) in [6.07, 6.45) is -1.32. The van der Waals surface area contributed by atoms with E-state index in [-0.39, 0.29) is 0 Å². The monoisotopic (exact) mass is 213 g/mol.